The Morgan fingerprint density at radius 2 is 2.00 bits per heavy atom. The Morgan fingerprint density at radius 1 is 1.24 bits per heavy atom. The number of anilines is 1. The topological polar surface area (TPSA) is 124 Å². The fourth-order valence-electron chi connectivity index (χ4n) is 2.66. The van der Waals surface area contributed by atoms with Crippen molar-refractivity contribution in [1.29, 1.82) is 0 Å². The van der Waals surface area contributed by atoms with E-state index in [0.29, 0.717) is 16.8 Å². The number of rotatable bonds is 7. The summed E-state index contributed by atoms with van der Waals surface area (Å²) < 4.78 is 10.8. The number of nitro benzene ring substituents is 1. The Morgan fingerprint density at radius 3 is 2.69 bits per heavy atom. The van der Waals surface area contributed by atoms with Gasteiger partial charge in [0.2, 0.25) is 0 Å². The molecule has 9 nitrogen and oxygen atoms in total. The number of nitro groups is 1. The first-order valence-corrected chi connectivity index (χ1v) is 9.34. The number of hydrogen-bond donors (Lipinski definition) is 2. The Bertz CT molecular complexity index is 1090. The molecular formula is C19H16BrN3O6. The van der Waals surface area contributed by atoms with Gasteiger partial charge in [-0.15, -0.1) is 0 Å². The largest absolute Gasteiger partial charge is 0.494 e. The van der Waals surface area contributed by atoms with Crippen LogP contribution in [0, 0.1) is 10.1 Å². The highest BCUT2D eigenvalue weighted by molar-refractivity contribution is 9.10. The van der Waals surface area contributed by atoms with E-state index in [9.17, 15) is 19.7 Å². The molecule has 3 rings (SSSR count). The maximum atomic E-state index is 12.3. The Balaban J connectivity index is 1.67. The molecule has 2 aromatic carbocycles. The second-order valence-corrected chi connectivity index (χ2v) is 6.65. The number of nitrogens with zero attached hydrogens (tertiary/aromatic N) is 1. The van der Waals surface area contributed by atoms with Gasteiger partial charge in [-0.3, -0.25) is 14.9 Å². The first-order chi connectivity index (χ1) is 13.9. The smallest absolute Gasteiger partial charge is 0.356 e. The van der Waals surface area contributed by atoms with Gasteiger partial charge in [-0.1, -0.05) is 18.2 Å². The third-order valence-corrected chi connectivity index (χ3v) is 4.76. The van der Waals surface area contributed by atoms with Crippen LogP contribution in [0.2, 0.25) is 0 Å². The van der Waals surface area contributed by atoms with Gasteiger partial charge >= 0.3 is 5.97 Å². The normalized spacial score (nSPS) is 10.6. The molecule has 0 atom stereocenters. The van der Waals surface area contributed by atoms with Crippen LogP contribution in [0.25, 0.3) is 10.9 Å². The maximum absolute atomic E-state index is 12.3. The van der Waals surface area contributed by atoms with E-state index in [1.807, 2.05) is 18.2 Å². The van der Waals surface area contributed by atoms with Crippen molar-refractivity contribution in [2.75, 3.05) is 18.5 Å². The first kappa shape index (κ1) is 20.3. The molecule has 0 bridgehead atoms. The lowest BCUT2D eigenvalue weighted by Crippen LogP contribution is -2.21. The monoisotopic (exact) mass is 461 g/mol. The number of fused-ring (bicyclic) bond motifs is 1. The van der Waals surface area contributed by atoms with E-state index >= 15 is 0 Å². The highest BCUT2D eigenvalue weighted by atomic mass is 79.9. The van der Waals surface area contributed by atoms with Gasteiger partial charge in [0, 0.05) is 10.9 Å². The molecule has 0 aliphatic heterocycles. The molecule has 1 amide bonds. The average molecular weight is 462 g/mol. The summed E-state index contributed by atoms with van der Waals surface area (Å²) in [5, 5.41) is 14.4. The van der Waals surface area contributed by atoms with E-state index in [1.165, 1.54) is 18.2 Å². The summed E-state index contributed by atoms with van der Waals surface area (Å²) in [6.07, 6.45) is 0. The Hall–Kier alpha value is -3.40. The highest BCUT2D eigenvalue weighted by Gasteiger charge is 2.20. The molecule has 0 radical (unpaired) electrons. The number of halogens is 1. The minimum absolute atomic E-state index is 0.0219. The fourth-order valence-corrected chi connectivity index (χ4v) is 3.27. The predicted molar refractivity (Wildman–Crippen MR) is 109 cm³/mol. The van der Waals surface area contributed by atoms with Gasteiger partial charge < -0.3 is 19.8 Å². The number of aromatic amines is 1. The molecule has 0 aliphatic carbocycles. The van der Waals surface area contributed by atoms with Gasteiger partial charge in [0.1, 0.15) is 17.1 Å². The van der Waals surface area contributed by atoms with Crippen LogP contribution < -0.4 is 10.1 Å². The third-order valence-electron chi connectivity index (χ3n) is 3.93. The zero-order valence-corrected chi connectivity index (χ0v) is 16.8. The lowest BCUT2D eigenvalue weighted by atomic mass is 10.2. The number of carbonyl (C=O) groups excluding carboxylic acids is 2. The van der Waals surface area contributed by atoms with Crippen LogP contribution in [0.1, 0.15) is 17.4 Å². The number of para-hydroxylation sites is 1. The van der Waals surface area contributed by atoms with Gasteiger partial charge in [-0.05, 0) is 41.1 Å². The number of ether oxygens (including phenoxy) is 2. The van der Waals surface area contributed by atoms with Crippen LogP contribution in [0.4, 0.5) is 11.4 Å². The molecule has 0 saturated carbocycles. The third kappa shape index (κ3) is 4.54. The number of carbonyl (C=O) groups is 2. The van der Waals surface area contributed by atoms with Crippen molar-refractivity contribution in [3.63, 3.8) is 0 Å². The molecule has 0 fully saturated rings. The molecule has 3 aromatic rings. The summed E-state index contributed by atoms with van der Waals surface area (Å²) >= 11 is 3.34. The van der Waals surface area contributed by atoms with Crippen LogP contribution in [-0.4, -0.2) is 35.0 Å². The van der Waals surface area contributed by atoms with Gasteiger partial charge in [-0.2, -0.15) is 0 Å². The predicted octanol–water partition coefficient (Wildman–Crippen LogP) is 4.03. The van der Waals surface area contributed by atoms with Crippen LogP contribution in [-0.2, 0) is 9.53 Å². The summed E-state index contributed by atoms with van der Waals surface area (Å²) in [6.45, 7) is 1.49. The van der Waals surface area contributed by atoms with Gasteiger partial charge in [0.05, 0.1) is 22.1 Å². The van der Waals surface area contributed by atoms with E-state index in [4.69, 9.17) is 9.47 Å². The molecule has 29 heavy (non-hydrogen) atoms. The summed E-state index contributed by atoms with van der Waals surface area (Å²) in [7, 11) is 0. The molecule has 10 heteroatoms. The molecular weight excluding hydrogens is 446 g/mol. The zero-order chi connectivity index (χ0) is 21.0. The number of nitrogens with one attached hydrogen (secondary N) is 2. The second kappa shape index (κ2) is 8.74. The number of amides is 1. The van der Waals surface area contributed by atoms with Crippen LogP contribution in [0.15, 0.2) is 46.9 Å². The van der Waals surface area contributed by atoms with Crippen molar-refractivity contribution >= 4 is 50.1 Å². The van der Waals surface area contributed by atoms with Crippen molar-refractivity contribution in [2.24, 2.45) is 0 Å². The molecule has 0 unspecified atom stereocenters. The van der Waals surface area contributed by atoms with Crippen molar-refractivity contribution in [1.82, 2.24) is 4.98 Å². The number of aromatic nitrogens is 1. The summed E-state index contributed by atoms with van der Waals surface area (Å²) in [6, 6.07) is 11.3. The number of esters is 1. The highest BCUT2D eigenvalue weighted by Crippen LogP contribution is 2.30. The van der Waals surface area contributed by atoms with Crippen molar-refractivity contribution in [3.8, 4) is 5.75 Å². The minimum Gasteiger partial charge on any atom is -0.494 e. The zero-order valence-electron chi connectivity index (χ0n) is 15.2. The Kier molecular flexibility index (Phi) is 6.13. The lowest BCUT2D eigenvalue weighted by molar-refractivity contribution is -0.384. The quantitative estimate of drug-likeness (QED) is 0.311. The summed E-state index contributed by atoms with van der Waals surface area (Å²) in [5.41, 5.74) is 0.562. The van der Waals surface area contributed by atoms with Crippen LogP contribution in [0.3, 0.4) is 0 Å². The number of benzene rings is 2. The van der Waals surface area contributed by atoms with E-state index in [-0.39, 0.29) is 17.1 Å². The summed E-state index contributed by atoms with van der Waals surface area (Å²) in [5.74, 6) is -1.13. The van der Waals surface area contributed by atoms with Gasteiger partial charge in [0.25, 0.3) is 11.6 Å². The molecule has 150 valence electrons. The Labute approximate surface area is 173 Å². The molecule has 2 N–H and O–H groups in total. The maximum Gasteiger partial charge on any atom is 0.356 e. The van der Waals surface area contributed by atoms with Gasteiger partial charge in [-0.25, -0.2) is 4.79 Å². The summed E-state index contributed by atoms with van der Waals surface area (Å²) in [4.78, 5) is 37.9. The van der Waals surface area contributed by atoms with E-state index in [1.54, 1.807) is 13.0 Å². The minimum atomic E-state index is -0.732. The van der Waals surface area contributed by atoms with E-state index in [2.05, 4.69) is 26.2 Å². The van der Waals surface area contributed by atoms with Crippen LogP contribution >= 0.6 is 15.9 Å². The van der Waals surface area contributed by atoms with E-state index < -0.39 is 23.4 Å². The number of H-pyrrole nitrogens is 1. The van der Waals surface area contributed by atoms with Crippen molar-refractivity contribution in [3.05, 3.63) is 62.7 Å². The second-order valence-electron chi connectivity index (χ2n) is 5.85. The molecule has 1 heterocycles. The fraction of sp³-hybridized carbons (Fsp3) is 0.158. The molecule has 0 aliphatic rings. The molecule has 0 spiro atoms. The number of hydrogen-bond acceptors (Lipinski definition) is 6. The van der Waals surface area contributed by atoms with Crippen molar-refractivity contribution < 1.29 is 24.0 Å². The molecule has 0 saturated heterocycles. The standard InChI is InChI=1S/C19H16BrN3O6/c1-2-28-11-7-8-14(15(9-11)23(26)27)21-16(24)10-29-19(25)18-17(20)12-5-3-4-6-13(12)22-18/h3-9,22H,2,10H2,1H3,(H,21,24). The van der Waals surface area contributed by atoms with Crippen LogP contribution in [0.5, 0.6) is 5.75 Å². The lowest BCUT2D eigenvalue weighted by Gasteiger charge is -2.09. The average Bonchev–Trinajstić information content (AvgIpc) is 3.04. The molecule has 1 aromatic heterocycles. The van der Waals surface area contributed by atoms with Crippen molar-refractivity contribution in [2.45, 2.75) is 6.92 Å². The van der Waals surface area contributed by atoms with E-state index in [0.717, 1.165) is 10.9 Å². The first-order valence-electron chi connectivity index (χ1n) is 8.55. The SMILES string of the molecule is CCOc1ccc(NC(=O)COC(=O)c2[nH]c3ccccc3c2Br)c([N+](=O)[O-])c1. The van der Waals surface area contributed by atoms with Gasteiger partial charge in [0.15, 0.2) is 6.61 Å².